The van der Waals surface area contributed by atoms with E-state index in [1.54, 1.807) is 0 Å². The van der Waals surface area contributed by atoms with Crippen molar-refractivity contribution >= 4 is 28.7 Å². The molecule has 0 radical (unpaired) electrons. The Balaban J connectivity index is 2.91. The lowest BCUT2D eigenvalue weighted by Crippen LogP contribution is -2.21. The van der Waals surface area contributed by atoms with Gasteiger partial charge < -0.3 is 10.4 Å². The van der Waals surface area contributed by atoms with Gasteiger partial charge in [0.05, 0.1) is 0 Å². The molecule has 0 aromatic heterocycles. The standard InChI is InChI=1S/C13H26INO2/c14-11-9-7-5-3-1-2-4-6-8-10-12-15-13(16)17/h15H,1-12H2,(H,16,17). The molecule has 3 nitrogen and oxygen atoms in total. The van der Waals surface area contributed by atoms with Crippen molar-refractivity contribution < 1.29 is 9.90 Å². The highest BCUT2D eigenvalue weighted by molar-refractivity contribution is 14.1. The normalized spacial score (nSPS) is 10.4. The van der Waals surface area contributed by atoms with Gasteiger partial charge in [0.25, 0.3) is 0 Å². The fourth-order valence-electron chi connectivity index (χ4n) is 1.83. The molecule has 2 N–H and O–H groups in total. The predicted octanol–water partition coefficient (Wildman–Crippen LogP) is 4.59. The monoisotopic (exact) mass is 355 g/mol. The maximum absolute atomic E-state index is 10.2. The van der Waals surface area contributed by atoms with Crippen LogP contribution in [-0.2, 0) is 0 Å². The summed E-state index contributed by atoms with van der Waals surface area (Å²) >= 11 is 2.44. The number of alkyl halides is 1. The van der Waals surface area contributed by atoms with Crippen LogP contribution in [-0.4, -0.2) is 22.2 Å². The van der Waals surface area contributed by atoms with E-state index in [9.17, 15) is 4.79 Å². The Bertz CT molecular complexity index is 177. The number of amides is 1. The third-order valence-electron chi connectivity index (χ3n) is 2.84. The van der Waals surface area contributed by atoms with Gasteiger partial charge in [-0.15, -0.1) is 0 Å². The van der Waals surface area contributed by atoms with E-state index in [2.05, 4.69) is 27.9 Å². The number of hydrogen-bond acceptors (Lipinski definition) is 1. The summed E-state index contributed by atoms with van der Waals surface area (Å²) < 4.78 is 1.29. The lowest BCUT2D eigenvalue weighted by molar-refractivity contribution is 0.194. The van der Waals surface area contributed by atoms with Crippen LogP contribution in [0.25, 0.3) is 0 Å². The molecule has 0 aromatic rings. The number of halogens is 1. The molecule has 0 spiro atoms. The van der Waals surface area contributed by atoms with Crippen LogP contribution in [0.15, 0.2) is 0 Å². The van der Waals surface area contributed by atoms with Crippen LogP contribution >= 0.6 is 22.6 Å². The quantitative estimate of drug-likeness (QED) is 0.306. The minimum atomic E-state index is -0.906. The maximum Gasteiger partial charge on any atom is 0.404 e. The van der Waals surface area contributed by atoms with Crippen LogP contribution in [0, 0.1) is 0 Å². The molecular weight excluding hydrogens is 329 g/mol. The van der Waals surface area contributed by atoms with E-state index >= 15 is 0 Å². The first-order valence-electron chi connectivity index (χ1n) is 6.80. The highest BCUT2D eigenvalue weighted by Crippen LogP contribution is 2.10. The van der Waals surface area contributed by atoms with Crippen molar-refractivity contribution in [1.29, 1.82) is 0 Å². The van der Waals surface area contributed by atoms with Gasteiger partial charge in [0.2, 0.25) is 0 Å². The second-order valence-electron chi connectivity index (χ2n) is 4.46. The van der Waals surface area contributed by atoms with Crippen molar-refractivity contribution in [2.24, 2.45) is 0 Å². The molecule has 1 amide bonds. The Morgan fingerprint density at radius 1 is 0.824 bits per heavy atom. The molecule has 0 atom stereocenters. The van der Waals surface area contributed by atoms with Crippen LogP contribution in [0.4, 0.5) is 4.79 Å². The lowest BCUT2D eigenvalue weighted by Gasteiger charge is -2.02. The Labute approximate surface area is 119 Å². The summed E-state index contributed by atoms with van der Waals surface area (Å²) in [7, 11) is 0. The first-order chi connectivity index (χ1) is 8.27. The number of hydrogen-bond donors (Lipinski definition) is 2. The largest absolute Gasteiger partial charge is 0.465 e. The van der Waals surface area contributed by atoms with Gasteiger partial charge >= 0.3 is 6.09 Å². The van der Waals surface area contributed by atoms with Gasteiger partial charge in [-0.2, -0.15) is 0 Å². The highest BCUT2D eigenvalue weighted by Gasteiger charge is 1.94. The second kappa shape index (κ2) is 14.1. The predicted molar refractivity (Wildman–Crippen MR) is 81.1 cm³/mol. The van der Waals surface area contributed by atoms with Gasteiger partial charge in [0.15, 0.2) is 0 Å². The summed E-state index contributed by atoms with van der Waals surface area (Å²) in [4.78, 5) is 10.2. The summed E-state index contributed by atoms with van der Waals surface area (Å²) in [5.41, 5.74) is 0. The van der Waals surface area contributed by atoms with Gasteiger partial charge in [0, 0.05) is 6.54 Å². The summed E-state index contributed by atoms with van der Waals surface area (Å²) in [5, 5.41) is 10.8. The van der Waals surface area contributed by atoms with Crippen molar-refractivity contribution in [2.75, 3.05) is 11.0 Å². The van der Waals surface area contributed by atoms with Crippen molar-refractivity contribution in [2.45, 2.75) is 64.2 Å². The molecule has 0 fully saturated rings. The third-order valence-corrected chi connectivity index (χ3v) is 3.60. The Kier molecular flexibility index (Phi) is 14.1. The fourth-order valence-corrected chi connectivity index (χ4v) is 2.37. The lowest BCUT2D eigenvalue weighted by atomic mass is 10.1. The van der Waals surface area contributed by atoms with E-state index in [0.717, 1.165) is 12.8 Å². The van der Waals surface area contributed by atoms with Crippen molar-refractivity contribution in [3.8, 4) is 0 Å². The Morgan fingerprint density at radius 3 is 1.65 bits per heavy atom. The summed E-state index contributed by atoms with van der Waals surface area (Å²) in [6.45, 7) is 0.603. The van der Waals surface area contributed by atoms with E-state index < -0.39 is 6.09 Å². The third kappa shape index (κ3) is 16.0. The van der Waals surface area contributed by atoms with Crippen molar-refractivity contribution in [3.63, 3.8) is 0 Å². The zero-order chi connectivity index (χ0) is 12.8. The van der Waals surface area contributed by atoms with Crippen molar-refractivity contribution in [3.05, 3.63) is 0 Å². The molecule has 0 saturated heterocycles. The average molecular weight is 355 g/mol. The van der Waals surface area contributed by atoms with E-state index in [1.807, 2.05) is 0 Å². The van der Waals surface area contributed by atoms with Gasteiger partial charge in [-0.05, 0) is 17.3 Å². The Hall–Kier alpha value is 0. The molecule has 0 aliphatic heterocycles. The van der Waals surface area contributed by atoms with Gasteiger partial charge in [0.1, 0.15) is 0 Å². The van der Waals surface area contributed by atoms with E-state index in [0.29, 0.717) is 6.54 Å². The smallest absolute Gasteiger partial charge is 0.404 e. The number of nitrogens with one attached hydrogen (secondary N) is 1. The average Bonchev–Trinajstić information content (AvgIpc) is 2.30. The molecule has 102 valence electrons. The molecule has 0 aromatic carbocycles. The summed E-state index contributed by atoms with van der Waals surface area (Å²) in [6, 6.07) is 0. The molecule has 0 aliphatic rings. The van der Waals surface area contributed by atoms with Gasteiger partial charge in [-0.1, -0.05) is 74.0 Å². The molecule has 0 aliphatic carbocycles. The molecule has 0 rings (SSSR count). The minimum Gasteiger partial charge on any atom is -0.465 e. The minimum absolute atomic E-state index is 0.603. The molecule has 0 bridgehead atoms. The second-order valence-corrected chi connectivity index (χ2v) is 5.54. The molecular formula is C13H26INO2. The first kappa shape index (κ1) is 17.0. The first-order valence-corrected chi connectivity index (χ1v) is 8.32. The van der Waals surface area contributed by atoms with Crippen LogP contribution in [0.1, 0.15) is 64.2 Å². The van der Waals surface area contributed by atoms with Gasteiger partial charge in [-0.3, -0.25) is 0 Å². The zero-order valence-corrected chi connectivity index (χ0v) is 12.9. The van der Waals surface area contributed by atoms with E-state index in [1.165, 1.54) is 55.8 Å². The molecule has 17 heavy (non-hydrogen) atoms. The number of unbranched alkanes of at least 4 members (excludes halogenated alkanes) is 9. The van der Waals surface area contributed by atoms with Crippen LogP contribution in [0.2, 0.25) is 0 Å². The maximum atomic E-state index is 10.2. The molecule has 0 saturated carbocycles. The van der Waals surface area contributed by atoms with Crippen LogP contribution < -0.4 is 5.32 Å². The topological polar surface area (TPSA) is 49.3 Å². The number of carbonyl (C=O) groups is 1. The number of carboxylic acid groups (broad SMARTS) is 1. The van der Waals surface area contributed by atoms with E-state index in [4.69, 9.17) is 5.11 Å². The molecule has 4 heteroatoms. The SMILES string of the molecule is O=C(O)NCCCCCCCCCCCCI. The highest BCUT2D eigenvalue weighted by atomic mass is 127. The fraction of sp³-hybridized carbons (Fsp3) is 0.923. The van der Waals surface area contributed by atoms with Crippen molar-refractivity contribution in [1.82, 2.24) is 5.32 Å². The zero-order valence-electron chi connectivity index (χ0n) is 10.7. The Morgan fingerprint density at radius 2 is 1.24 bits per heavy atom. The molecule has 0 heterocycles. The molecule has 0 unspecified atom stereocenters. The number of rotatable bonds is 12. The van der Waals surface area contributed by atoms with Crippen LogP contribution in [0.3, 0.4) is 0 Å². The van der Waals surface area contributed by atoms with E-state index in [-0.39, 0.29) is 0 Å². The summed E-state index contributed by atoms with van der Waals surface area (Å²) in [5.74, 6) is 0. The summed E-state index contributed by atoms with van der Waals surface area (Å²) in [6.07, 6.45) is 12.0. The van der Waals surface area contributed by atoms with Crippen LogP contribution in [0.5, 0.6) is 0 Å². The van der Waals surface area contributed by atoms with Gasteiger partial charge in [-0.25, -0.2) is 4.79 Å².